The van der Waals surface area contributed by atoms with Gasteiger partial charge in [0.15, 0.2) is 0 Å². The van der Waals surface area contributed by atoms with Crippen LogP contribution >= 0.6 is 0 Å². The van der Waals surface area contributed by atoms with Crippen LogP contribution in [0.4, 0.5) is 19.3 Å². The number of likely N-dealkylation sites (tertiary alicyclic amines) is 1. The number of carbonyl (C=O) groups excluding carboxylic acids is 2. The number of hydrogen-bond acceptors (Lipinski definition) is 7. The molecule has 0 atom stereocenters. The van der Waals surface area contributed by atoms with Crippen molar-refractivity contribution in [3.8, 4) is 0 Å². The average Bonchev–Trinajstić information content (AvgIpc) is 2.81. The molecule has 0 unspecified atom stereocenters. The average molecular weight is 498 g/mol. The second-order valence-electron chi connectivity index (χ2n) is 8.88. The van der Waals surface area contributed by atoms with Crippen LogP contribution in [-0.4, -0.2) is 86.2 Å². The number of likely N-dealkylation sites (N-methyl/N-ethyl adjacent to an activating group) is 1. The Bertz CT molecular complexity index is 866. The molecule has 3 rings (SSSR count). The molecule has 0 bridgehead atoms. The summed E-state index contributed by atoms with van der Waals surface area (Å²) < 4.78 is 33.3. The summed E-state index contributed by atoms with van der Waals surface area (Å²) in [6, 6.07) is 2.01. The second kappa shape index (κ2) is 13.9. The highest BCUT2D eigenvalue weighted by atomic mass is 19.1. The number of halogens is 2. The molecule has 2 heterocycles. The van der Waals surface area contributed by atoms with Crippen molar-refractivity contribution < 1.29 is 28.2 Å². The number of piperidine rings is 2. The van der Waals surface area contributed by atoms with Gasteiger partial charge in [0.05, 0.1) is 23.5 Å². The maximum Gasteiger partial charge on any atom is 0.410 e. The Balaban J connectivity index is 0.000000283. The summed E-state index contributed by atoms with van der Waals surface area (Å²) in [6.07, 6.45) is 1.84. The zero-order chi connectivity index (χ0) is 26.0. The van der Waals surface area contributed by atoms with E-state index in [1.54, 1.807) is 16.8 Å². The zero-order valence-electron chi connectivity index (χ0n) is 20.7. The molecular formula is C24H37F2N5O4. The van der Waals surface area contributed by atoms with Crippen LogP contribution in [0.2, 0.25) is 0 Å². The minimum absolute atomic E-state index is 0.0700. The van der Waals surface area contributed by atoms with E-state index in [1.165, 1.54) is 0 Å². The van der Waals surface area contributed by atoms with Crippen LogP contribution in [-0.2, 0) is 4.74 Å². The third kappa shape index (κ3) is 9.06. The Hall–Kier alpha value is -2.79. The van der Waals surface area contributed by atoms with Crippen LogP contribution in [0.3, 0.4) is 0 Å². The first-order chi connectivity index (χ1) is 16.6. The number of carbonyl (C=O) groups is 2. The van der Waals surface area contributed by atoms with Crippen molar-refractivity contribution >= 4 is 23.4 Å². The Labute approximate surface area is 205 Å². The van der Waals surface area contributed by atoms with E-state index in [9.17, 15) is 23.5 Å². The SMILES string of the molecule is CC(C)OC(=O)N1CCC(O)CC1.CNCCNC(=O)c1cc(F)c(N2CCC(=N)CC2)cc1F. The first-order valence-corrected chi connectivity index (χ1v) is 12.0. The first kappa shape index (κ1) is 28.4. The van der Waals surface area contributed by atoms with E-state index in [2.05, 4.69) is 10.6 Å². The lowest BCUT2D eigenvalue weighted by molar-refractivity contribution is 0.0456. The molecule has 2 fully saturated rings. The summed E-state index contributed by atoms with van der Waals surface area (Å²) >= 11 is 0. The number of ether oxygens (including phenoxy) is 1. The Morgan fingerprint density at radius 3 is 2.31 bits per heavy atom. The van der Waals surface area contributed by atoms with Gasteiger partial charge < -0.3 is 35.7 Å². The molecule has 0 aromatic heterocycles. The van der Waals surface area contributed by atoms with Crippen molar-refractivity contribution in [1.29, 1.82) is 5.41 Å². The summed E-state index contributed by atoms with van der Waals surface area (Å²) in [4.78, 5) is 26.5. The van der Waals surface area contributed by atoms with Gasteiger partial charge in [-0.05, 0) is 39.8 Å². The van der Waals surface area contributed by atoms with Crippen molar-refractivity contribution in [3.63, 3.8) is 0 Å². The quantitative estimate of drug-likeness (QED) is 0.449. The monoisotopic (exact) mass is 497 g/mol. The Morgan fingerprint density at radius 2 is 1.74 bits per heavy atom. The standard InChI is InChI=1S/C15H20F2N4O.C9H17NO3/c1-19-4-5-20-15(22)11-8-13(17)14(9-12(11)16)21-6-2-10(18)3-7-21;1-7(2)13-9(12)10-5-3-8(11)4-6-10/h8-9,18-19H,2-7H2,1H3,(H,20,22);7-8,11H,3-6H2,1-2H3. The topological polar surface area (TPSA) is 118 Å². The summed E-state index contributed by atoms with van der Waals surface area (Å²) in [7, 11) is 1.74. The van der Waals surface area contributed by atoms with Crippen LogP contribution in [0.15, 0.2) is 12.1 Å². The molecule has 196 valence electrons. The summed E-state index contributed by atoms with van der Waals surface area (Å²) in [5.41, 5.74) is 0.483. The number of aliphatic hydroxyl groups excluding tert-OH is 1. The molecule has 0 radical (unpaired) electrons. The van der Waals surface area contributed by atoms with Gasteiger partial charge in [-0.15, -0.1) is 0 Å². The molecule has 1 aromatic rings. The van der Waals surface area contributed by atoms with Crippen LogP contribution in [0, 0.1) is 17.0 Å². The van der Waals surface area contributed by atoms with Crippen molar-refractivity contribution in [2.75, 3.05) is 51.2 Å². The van der Waals surface area contributed by atoms with Crippen molar-refractivity contribution in [2.24, 2.45) is 0 Å². The Kier molecular flexibility index (Phi) is 11.3. The fraction of sp³-hybridized carbons (Fsp3) is 0.625. The third-order valence-corrected chi connectivity index (χ3v) is 5.71. The fourth-order valence-corrected chi connectivity index (χ4v) is 3.69. The molecule has 2 aliphatic heterocycles. The minimum atomic E-state index is -0.737. The number of nitrogens with zero attached hydrogens (tertiary/aromatic N) is 2. The number of hydrogen-bond donors (Lipinski definition) is 4. The lowest BCUT2D eigenvalue weighted by Gasteiger charge is -2.29. The summed E-state index contributed by atoms with van der Waals surface area (Å²) in [5.74, 6) is -1.98. The van der Waals surface area contributed by atoms with E-state index in [1.807, 2.05) is 13.8 Å². The molecule has 35 heavy (non-hydrogen) atoms. The highest BCUT2D eigenvalue weighted by Crippen LogP contribution is 2.25. The first-order valence-electron chi connectivity index (χ1n) is 12.0. The number of nitrogens with one attached hydrogen (secondary N) is 3. The minimum Gasteiger partial charge on any atom is -0.447 e. The van der Waals surface area contributed by atoms with E-state index in [-0.39, 0.29) is 29.6 Å². The maximum absolute atomic E-state index is 14.2. The van der Waals surface area contributed by atoms with Gasteiger partial charge in [-0.25, -0.2) is 13.6 Å². The van der Waals surface area contributed by atoms with Crippen LogP contribution in [0.5, 0.6) is 0 Å². The lowest BCUT2D eigenvalue weighted by Crippen LogP contribution is -2.41. The lowest BCUT2D eigenvalue weighted by atomic mass is 10.1. The van der Waals surface area contributed by atoms with Gasteiger partial charge in [-0.3, -0.25) is 4.79 Å². The van der Waals surface area contributed by atoms with Gasteiger partial charge in [0.1, 0.15) is 11.6 Å². The number of aliphatic hydroxyl groups is 1. The molecule has 9 nitrogen and oxygen atoms in total. The number of rotatable bonds is 6. The van der Waals surface area contributed by atoms with Gasteiger partial charge in [0.25, 0.3) is 5.91 Å². The zero-order valence-corrected chi connectivity index (χ0v) is 20.7. The van der Waals surface area contributed by atoms with Crippen LogP contribution < -0.4 is 15.5 Å². The summed E-state index contributed by atoms with van der Waals surface area (Å²) in [5, 5.41) is 22.1. The van der Waals surface area contributed by atoms with Gasteiger partial charge in [-0.1, -0.05) is 0 Å². The predicted octanol–water partition coefficient (Wildman–Crippen LogP) is 2.52. The van der Waals surface area contributed by atoms with Crippen LogP contribution in [0.25, 0.3) is 0 Å². The molecule has 0 spiro atoms. The third-order valence-electron chi connectivity index (χ3n) is 5.71. The molecule has 4 N–H and O–H groups in total. The highest BCUT2D eigenvalue weighted by Gasteiger charge is 2.23. The normalized spacial score (nSPS) is 16.6. The second-order valence-corrected chi connectivity index (χ2v) is 8.88. The van der Waals surface area contributed by atoms with Crippen LogP contribution in [0.1, 0.15) is 49.9 Å². The Morgan fingerprint density at radius 1 is 1.11 bits per heavy atom. The van der Waals surface area contributed by atoms with Crippen molar-refractivity contribution in [3.05, 3.63) is 29.3 Å². The fourth-order valence-electron chi connectivity index (χ4n) is 3.69. The van der Waals surface area contributed by atoms with Gasteiger partial charge in [0.2, 0.25) is 0 Å². The molecular weight excluding hydrogens is 460 g/mol. The number of benzene rings is 1. The van der Waals surface area contributed by atoms with E-state index in [4.69, 9.17) is 10.1 Å². The van der Waals surface area contributed by atoms with E-state index in [0.717, 1.165) is 12.1 Å². The molecule has 0 saturated carbocycles. The van der Waals surface area contributed by atoms with E-state index >= 15 is 0 Å². The largest absolute Gasteiger partial charge is 0.447 e. The molecule has 11 heteroatoms. The van der Waals surface area contributed by atoms with E-state index < -0.39 is 17.5 Å². The number of amides is 2. The molecule has 2 amide bonds. The molecule has 2 saturated heterocycles. The van der Waals surface area contributed by atoms with Gasteiger partial charge in [-0.2, -0.15) is 0 Å². The summed E-state index contributed by atoms with van der Waals surface area (Å²) in [6.45, 7) is 6.73. The smallest absolute Gasteiger partial charge is 0.410 e. The van der Waals surface area contributed by atoms with Gasteiger partial charge in [0, 0.05) is 63.9 Å². The van der Waals surface area contributed by atoms with Crippen molar-refractivity contribution in [2.45, 2.75) is 51.7 Å². The number of anilines is 1. The van der Waals surface area contributed by atoms with Crippen molar-refractivity contribution in [1.82, 2.24) is 15.5 Å². The van der Waals surface area contributed by atoms with Gasteiger partial charge >= 0.3 is 6.09 Å². The maximum atomic E-state index is 14.2. The van der Waals surface area contributed by atoms with E-state index in [0.29, 0.717) is 70.7 Å². The molecule has 0 aliphatic carbocycles. The molecule has 1 aromatic carbocycles. The predicted molar refractivity (Wildman–Crippen MR) is 130 cm³/mol. The molecule has 2 aliphatic rings. The highest BCUT2D eigenvalue weighted by molar-refractivity contribution is 5.95.